The molecule has 6 heteroatoms. The molecule has 0 amide bonds. The number of rotatable bonds is 1. The molecule has 3 rings (SSSR count). The number of nitrogens with zero attached hydrogens (tertiary/aromatic N) is 3. The molecule has 80 valence electrons. The summed E-state index contributed by atoms with van der Waals surface area (Å²) in [7, 11) is 5.61. The lowest BCUT2D eigenvalue weighted by atomic mass is 10.1. The number of nitrogen functional groups attached to an aromatic ring is 1. The van der Waals surface area contributed by atoms with Crippen molar-refractivity contribution in [2.45, 2.75) is 0 Å². The molecule has 2 heterocycles. The van der Waals surface area contributed by atoms with Gasteiger partial charge in [-0.25, -0.2) is 9.97 Å². The van der Waals surface area contributed by atoms with Gasteiger partial charge in [-0.15, -0.1) is 11.3 Å². The third kappa shape index (κ3) is 1.76. The Balaban J connectivity index is 2.23. The van der Waals surface area contributed by atoms with Crippen molar-refractivity contribution in [1.82, 2.24) is 15.0 Å². The predicted octanol–water partition coefficient (Wildman–Crippen LogP) is 1.13. The molecule has 2 N–H and O–H groups in total. The molecule has 3 aromatic rings. The van der Waals surface area contributed by atoms with Gasteiger partial charge in [0.1, 0.15) is 18.5 Å². The highest BCUT2D eigenvalue weighted by atomic mass is 32.1. The van der Waals surface area contributed by atoms with E-state index in [1.807, 2.05) is 24.3 Å². The lowest BCUT2D eigenvalue weighted by Crippen LogP contribution is -2.12. The summed E-state index contributed by atoms with van der Waals surface area (Å²) in [6.45, 7) is 0. The van der Waals surface area contributed by atoms with Crippen LogP contribution in [-0.2, 0) is 0 Å². The number of fused-ring (bicyclic) bond motifs is 1. The second-order valence-corrected chi connectivity index (χ2v) is 4.55. The lowest BCUT2D eigenvalue weighted by molar-refractivity contribution is 1.24. The van der Waals surface area contributed by atoms with Crippen LogP contribution in [-0.4, -0.2) is 22.8 Å². The molecule has 0 unspecified atom stereocenters. The quantitative estimate of drug-likeness (QED) is 0.645. The number of thiazole rings is 1. The number of para-hydroxylation sites is 1. The minimum absolute atomic E-state index is 0.341. The average molecular weight is 238 g/mol. The summed E-state index contributed by atoms with van der Waals surface area (Å²) < 4.78 is 1.09. The Bertz CT molecular complexity index is 662. The summed E-state index contributed by atoms with van der Waals surface area (Å²) in [4.78, 5) is 12.6. The maximum Gasteiger partial charge on any atom is 0.152 e. The van der Waals surface area contributed by atoms with Gasteiger partial charge < -0.3 is 5.73 Å². The van der Waals surface area contributed by atoms with Crippen molar-refractivity contribution in [2.75, 3.05) is 5.73 Å². The Morgan fingerprint density at radius 1 is 1.18 bits per heavy atom. The van der Waals surface area contributed by atoms with Crippen LogP contribution in [0.2, 0.25) is 0 Å². The molecule has 0 saturated carbocycles. The monoisotopic (exact) mass is 238 g/mol. The fourth-order valence-electron chi connectivity index (χ4n) is 1.54. The molecule has 0 atom stereocenters. The van der Waals surface area contributed by atoms with Crippen LogP contribution < -0.4 is 11.3 Å². The van der Waals surface area contributed by atoms with Crippen molar-refractivity contribution in [3.05, 3.63) is 30.5 Å². The van der Waals surface area contributed by atoms with Crippen molar-refractivity contribution in [3.63, 3.8) is 0 Å². The fraction of sp³-hybridized carbons (Fsp3) is 0. The van der Waals surface area contributed by atoms with Crippen LogP contribution >= 0.6 is 11.3 Å². The van der Waals surface area contributed by atoms with Gasteiger partial charge in [0.15, 0.2) is 5.82 Å². The maximum absolute atomic E-state index is 5.78. The van der Waals surface area contributed by atoms with Gasteiger partial charge in [-0.05, 0) is 12.1 Å². The molecule has 17 heavy (non-hydrogen) atoms. The van der Waals surface area contributed by atoms with Gasteiger partial charge in [0.05, 0.1) is 10.2 Å². The minimum Gasteiger partial charge on any atom is -0.382 e. The SMILES string of the molecule is [B]c1cnc(N)c(-c2nc3ccccc3s2)n1. The Hall–Kier alpha value is -1.95. The van der Waals surface area contributed by atoms with Gasteiger partial charge >= 0.3 is 0 Å². The Morgan fingerprint density at radius 3 is 2.82 bits per heavy atom. The number of aromatic nitrogens is 3. The summed E-state index contributed by atoms with van der Waals surface area (Å²) in [5, 5.41) is 0.739. The van der Waals surface area contributed by atoms with Crippen molar-refractivity contribution >= 4 is 40.8 Å². The zero-order valence-electron chi connectivity index (χ0n) is 8.79. The van der Waals surface area contributed by atoms with E-state index in [0.29, 0.717) is 17.1 Å². The third-order valence-electron chi connectivity index (χ3n) is 2.32. The van der Waals surface area contributed by atoms with Crippen molar-refractivity contribution in [2.24, 2.45) is 0 Å². The zero-order valence-corrected chi connectivity index (χ0v) is 9.61. The van der Waals surface area contributed by atoms with E-state index < -0.39 is 0 Å². The van der Waals surface area contributed by atoms with Crippen LogP contribution in [0, 0.1) is 0 Å². The first-order valence-electron chi connectivity index (χ1n) is 4.98. The van der Waals surface area contributed by atoms with E-state index >= 15 is 0 Å². The highest BCUT2D eigenvalue weighted by Crippen LogP contribution is 2.30. The first-order valence-corrected chi connectivity index (χ1v) is 5.79. The van der Waals surface area contributed by atoms with E-state index in [0.717, 1.165) is 15.2 Å². The molecule has 0 aliphatic rings. The number of benzene rings is 1. The van der Waals surface area contributed by atoms with Gasteiger partial charge in [0, 0.05) is 11.8 Å². The second-order valence-electron chi connectivity index (χ2n) is 3.52. The van der Waals surface area contributed by atoms with Gasteiger partial charge in [-0.1, -0.05) is 12.1 Å². The molecule has 2 radical (unpaired) electrons. The van der Waals surface area contributed by atoms with E-state index in [9.17, 15) is 0 Å². The average Bonchev–Trinajstić information content (AvgIpc) is 2.75. The summed E-state index contributed by atoms with van der Waals surface area (Å²) in [6, 6.07) is 7.87. The second kappa shape index (κ2) is 3.82. The first-order chi connectivity index (χ1) is 8.24. The molecule has 0 fully saturated rings. The number of hydrogen-bond donors (Lipinski definition) is 1. The highest BCUT2D eigenvalue weighted by molar-refractivity contribution is 7.21. The Kier molecular flexibility index (Phi) is 2.29. The van der Waals surface area contributed by atoms with Gasteiger partial charge in [-0.3, -0.25) is 4.98 Å². The zero-order chi connectivity index (χ0) is 11.8. The predicted molar refractivity (Wildman–Crippen MR) is 70.4 cm³/mol. The molecule has 2 aromatic heterocycles. The first kappa shape index (κ1) is 10.2. The lowest BCUT2D eigenvalue weighted by Gasteiger charge is -2.00. The van der Waals surface area contributed by atoms with Crippen molar-refractivity contribution in [3.8, 4) is 10.7 Å². The molecule has 1 aromatic carbocycles. The van der Waals surface area contributed by atoms with Gasteiger partial charge in [0.25, 0.3) is 0 Å². The van der Waals surface area contributed by atoms with Gasteiger partial charge in [-0.2, -0.15) is 0 Å². The largest absolute Gasteiger partial charge is 0.382 e. The van der Waals surface area contributed by atoms with Crippen molar-refractivity contribution < 1.29 is 0 Å². The number of anilines is 1. The topological polar surface area (TPSA) is 64.7 Å². The van der Waals surface area contributed by atoms with Crippen LogP contribution in [0.1, 0.15) is 0 Å². The number of hydrogen-bond acceptors (Lipinski definition) is 5. The smallest absolute Gasteiger partial charge is 0.152 e. The van der Waals surface area contributed by atoms with E-state index in [4.69, 9.17) is 13.6 Å². The Labute approximate surface area is 103 Å². The van der Waals surface area contributed by atoms with E-state index in [1.165, 1.54) is 17.5 Å². The summed E-state index contributed by atoms with van der Waals surface area (Å²) in [5.74, 6) is 0.346. The van der Waals surface area contributed by atoms with Crippen LogP contribution in [0.15, 0.2) is 30.5 Å². The normalized spacial score (nSPS) is 10.8. The third-order valence-corrected chi connectivity index (χ3v) is 3.36. The molecule has 0 aliphatic carbocycles. The fourth-order valence-corrected chi connectivity index (χ4v) is 2.51. The van der Waals surface area contributed by atoms with Gasteiger partial charge in [0.2, 0.25) is 0 Å². The molecule has 0 saturated heterocycles. The molecule has 0 bridgehead atoms. The van der Waals surface area contributed by atoms with Crippen LogP contribution in [0.3, 0.4) is 0 Å². The Morgan fingerprint density at radius 2 is 2.00 bits per heavy atom. The molecule has 0 spiro atoms. The highest BCUT2D eigenvalue weighted by Gasteiger charge is 2.11. The summed E-state index contributed by atoms with van der Waals surface area (Å²) in [6.07, 6.45) is 1.44. The van der Waals surface area contributed by atoms with E-state index in [-0.39, 0.29) is 0 Å². The molecular weight excluding hydrogens is 231 g/mol. The molecule has 4 nitrogen and oxygen atoms in total. The number of nitrogens with two attached hydrogens (primary N) is 1. The summed E-state index contributed by atoms with van der Waals surface area (Å²) >= 11 is 1.52. The maximum atomic E-state index is 5.78. The van der Waals surface area contributed by atoms with E-state index in [2.05, 4.69) is 15.0 Å². The standard InChI is InChI=1S/C11H7BN4S/c12-8-5-14-10(13)9(16-8)11-15-6-3-1-2-4-7(6)17-11/h1-5H,(H2,13,14). The molecular formula is C11H7BN4S. The molecule has 0 aliphatic heterocycles. The van der Waals surface area contributed by atoms with Crippen LogP contribution in [0.4, 0.5) is 5.82 Å². The van der Waals surface area contributed by atoms with E-state index in [1.54, 1.807) is 0 Å². The minimum atomic E-state index is 0.341. The van der Waals surface area contributed by atoms with Crippen LogP contribution in [0.5, 0.6) is 0 Å². The summed E-state index contributed by atoms with van der Waals surface area (Å²) in [5.41, 5.74) is 7.60. The van der Waals surface area contributed by atoms with Crippen LogP contribution in [0.25, 0.3) is 20.9 Å². The van der Waals surface area contributed by atoms with Crippen molar-refractivity contribution in [1.29, 1.82) is 0 Å².